The maximum atomic E-state index is 13.9. The van der Waals surface area contributed by atoms with Crippen LogP contribution < -0.4 is 9.62 Å². The van der Waals surface area contributed by atoms with E-state index in [2.05, 4.69) is 5.32 Å². The summed E-state index contributed by atoms with van der Waals surface area (Å²) >= 11 is 12.6. The SMILES string of the molecule is CC(C(=O)NC(C)(C)C)N(CCc1ccccc1)C(=O)CN(c1cc(Cl)ccc1Cl)S(=O)(=O)c1ccccc1. The molecule has 0 radical (unpaired) electrons. The van der Waals surface area contributed by atoms with Crippen LogP contribution in [0.15, 0.2) is 83.8 Å². The van der Waals surface area contributed by atoms with Crippen LogP contribution in [0.3, 0.4) is 0 Å². The van der Waals surface area contributed by atoms with Gasteiger partial charge in [-0.25, -0.2) is 8.42 Å². The van der Waals surface area contributed by atoms with Crippen LogP contribution in [0.2, 0.25) is 10.0 Å². The summed E-state index contributed by atoms with van der Waals surface area (Å²) in [6.07, 6.45) is 0.475. The van der Waals surface area contributed by atoms with Crippen molar-refractivity contribution in [1.82, 2.24) is 10.2 Å². The van der Waals surface area contributed by atoms with Crippen LogP contribution in [0.5, 0.6) is 0 Å². The topological polar surface area (TPSA) is 86.8 Å². The molecule has 3 rings (SSSR count). The molecule has 0 bridgehead atoms. The van der Waals surface area contributed by atoms with Gasteiger partial charge < -0.3 is 10.2 Å². The van der Waals surface area contributed by atoms with Crippen LogP contribution in [0, 0.1) is 0 Å². The van der Waals surface area contributed by atoms with Crippen LogP contribution in [-0.4, -0.2) is 49.8 Å². The Morgan fingerprint density at radius 3 is 2.10 bits per heavy atom. The smallest absolute Gasteiger partial charge is 0.264 e. The first-order valence-electron chi connectivity index (χ1n) is 12.5. The quantitative estimate of drug-likeness (QED) is 0.335. The van der Waals surface area contributed by atoms with Gasteiger partial charge in [-0.2, -0.15) is 0 Å². The first-order chi connectivity index (χ1) is 18.3. The zero-order valence-corrected chi connectivity index (χ0v) is 24.7. The lowest BCUT2D eigenvalue weighted by molar-refractivity contribution is -0.139. The molecule has 3 aromatic rings. The summed E-state index contributed by atoms with van der Waals surface area (Å²) in [5.74, 6) is -0.903. The second-order valence-electron chi connectivity index (χ2n) is 10.2. The number of rotatable bonds is 10. The molecule has 0 saturated carbocycles. The molecule has 39 heavy (non-hydrogen) atoms. The molecule has 0 aliphatic carbocycles. The maximum absolute atomic E-state index is 13.9. The molecule has 0 aromatic heterocycles. The zero-order valence-electron chi connectivity index (χ0n) is 22.4. The van der Waals surface area contributed by atoms with Crippen LogP contribution >= 0.6 is 23.2 Å². The van der Waals surface area contributed by atoms with Gasteiger partial charge in [0.1, 0.15) is 12.6 Å². The van der Waals surface area contributed by atoms with Crippen molar-refractivity contribution in [2.24, 2.45) is 0 Å². The van der Waals surface area contributed by atoms with E-state index in [4.69, 9.17) is 23.2 Å². The van der Waals surface area contributed by atoms with Crippen LogP contribution in [0.25, 0.3) is 0 Å². The number of carbonyl (C=O) groups excluding carboxylic acids is 2. The molecule has 1 atom stereocenters. The van der Waals surface area contributed by atoms with E-state index in [-0.39, 0.29) is 33.1 Å². The van der Waals surface area contributed by atoms with Crippen molar-refractivity contribution in [3.05, 3.63) is 94.5 Å². The molecule has 1 unspecified atom stereocenters. The van der Waals surface area contributed by atoms with Gasteiger partial charge in [0.2, 0.25) is 11.8 Å². The standard InChI is InChI=1S/C29H33Cl2N3O4S/c1-21(28(36)32-29(2,3)4)33(18-17-22-11-7-5-8-12-22)27(35)20-34(26-19-23(30)15-16-25(26)31)39(37,38)24-13-9-6-10-14-24/h5-16,19,21H,17-18,20H2,1-4H3,(H,32,36). The molecular formula is C29H33Cl2N3O4S. The highest BCUT2D eigenvalue weighted by atomic mass is 35.5. The molecule has 0 aliphatic rings. The maximum Gasteiger partial charge on any atom is 0.264 e. The van der Waals surface area contributed by atoms with Gasteiger partial charge in [0.25, 0.3) is 10.0 Å². The Balaban J connectivity index is 2.01. The fraction of sp³-hybridized carbons (Fsp3) is 0.310. The molecule has 0 aliphatic heterocycles. The number of amides is 2. The summed E-state index contributed by atoms with van der Waals surface area (Å²) in [5, 5.41) is 3.28. The van der Waals surface area contributed by atoms with E-state index in [0.29, 0.717) is 6.42 Å². The van der Waals surface area contributed by atoms with Gasteiger partial charge in [-0.1, -0.05) is 71.7 Å². The molecule has 1 N–H and O–H groups in total. The summed E-state index contributed by atoms with van der Waals surface area (Å²) in [4.78, 5) is 28.4. The Hall–Kier alpha value is -3.07. The van der Waals surface area contributed by atoms with Gasteiger partial charge in [-0.15, -0.1) is 0 Å². The van der Waals surface area contributed by atoms with E-state index >= 15 is 0 Å². The molecule has 0 heterocycles. The molecule has 3 aromatic carbocycles. The predicted octanol–water partition coefficient (Wildman–Crippen LogP) is 5.56. The fourth-order valence-electron chi connectivity index (χ4n) is 3.95. The number of hydrogen-bond donors (Lipinski definition) is 1. The monoisotopic (exact) mass is 589 g/mol. The van der Waals surface area contributed by atoms with Crippen molar-refractivity contribution in [3.63, 3.8) is 0 Å². The van der Waals surface area contributed by atoms with Gasteiger partial charge in [-0.3, -0.25) is 13.9 Å². The van der Waals surface area contributed by atoms with Crippen molar-refractivity contribution >= 4 is 50.7 Å². The average molecular weight is 591 g/mol. The number of benzene rings is 3. The third kappa shape index (κ3) is 8.21. The first kappa shape index (κ1) is 30.5. The zero-order chi connectivity index (χ0) is 28.8. The highest BCUT2D eigenvalue weighted by Gasteiger charge is 2.34. The number of anilines is 1. The lowest BCUT2D eigenvalue weighted by Gasteiger charge is -2.33. The largest absolute Gasteiger partial charge is 0.350 e. The average Bonchev–Trinajstić information content (AvgIpc) is 2.89. The van der Waals surface area contributed by atoms with Crippen molar-refractivity contribution in [1.29, 1.82) is 0 Å². The van der Waals surface area contributed by atoms with E-state index in [1.54, 1.807) is 25.1 Å². The molecule has 0 saturated heterocycles. The molecule has 10 heteroatoms. The van der Waals surface area contributed by atoms with E-state index in [1.165, 1.54) is 35.2 Å². The van der Waals surface area contributed by atoms with Gasteiger partial charge in [0, 0.05) is 17.1 Å². The van der Waals surface area contributed by atoms with E-state index in [0.717, 1.165) is 9.87 Å². The van der Waals surface area contributed by atoms with Crippen molar-refractivity contribution in [2.75, 3.05) is 17.4 Å². The molecule has 208 valence electrons. The van der Waals surface area contributed by atoms with Crippen molar-refractivity contribution < 1.29 is 18.0 Å². The second kappa shape index (κ2) is 12.9. The number of hydrogen-bond acceptors (Lipinski definition) is 4. The summed E-state index contributed by atoms with van der Waals surface area (Å²) in [5.41, 5.74) is 0.526. The second-order valence-corrected chi connectivity index (χ2v) is 12.9. The molecular weight excluding hydrogens is 557 g/mol. The molecule has 0 fully saturated rings. The lowest BCUT2D eigenvalue weighted by Crippen LogP contribution is -2.55. The van der Waals surface area contributed by atoms with E-state index < -0.39 is 34.1 Å². The van der Waals surface area contributed by atoms with Gasteiger partial charge in [-0.05, 0) is 70.0 Å². The minimum absolute atomic E-state index is 0.0109. The Bertz CT molecular complexity index is 1400. The normalized spacial score (nSPS) is 12.5. The number of sulfonamides is 1. The highest BCUT2D eigenvalue weighted by molar-refractivity contribution is 7.92. The third-order valence-electron chi connectivity index (χ3n) is 5.94. The Morgan fingerprint density at radius 2 is 1.51 bits per heavy atom. The molecule has 2 amide bonds. The number of halogens is 2. The van der Waals surface area contributed by atoms with Gasteiger partial charge >= 0.3 is 0 Å². The number of nitrogens with zero attached hydrogens (tertiary/aromatic N) is 2. The Morgan fingerprint density at radius 1 is 0.923 bits per heavy atom. The fourth-order valence-corrected chi connectivity index (χ4v) is 5.84. The van der Waals surface area contributed by atoms with E-state index in [9.17, 15) is 18.0 Å². The Labute approximate surface area is 240 Å². The third-order valence-corrected chi connectivity index (χ3v) is 8.27. The summed E-state index contributed by atoms with van der Waals surface area (Å²) < 4.78 is 28.5. The van der Waals surface area contributed by atoms with Gasteiger partial charge in [0.05, 0.1) is 15.6 Å². The summed E-state index contributed by atoms with van der Waals surface area (Å²) in [6.45, 7) is 6.80. The summed E-state index contributed by atoms with van der Waals surface area (Å²) in [6, 6.07) is 20.9. The lowest BCUT2D eigenvalue weighted by atomic mass is 10.1. The first-order valence-corrected chi connectivity index (χ1v) is 14.7. The molecule has 7 nitrogen and oxygen atoms in total. The minimum atomic E-state index is -4.22. The number of carbonyl (C=O) groups is 2. The highest BCUT2D eigenvalue weighted by Crippen LogP contribution is 2.33. The van der Waals surface area contributed by atoms with Gasteiger partial charge in [0.15, 0.2) is 0 Å². The van der Waals surface area contributed by atoms with Crippen LogP contribution in [-0.2, 0) is 26.0 Å². The van der Waals surface area contributed by atoms with Crippen molar-refractivity contribution in [2.45, 2.75) is 50.6 Å². The predicted molar refractivity (Wildman–Crippen MR) is 157 cm³/mol. The van der Waals surface area contributed by atoms with Crippen LogP contribution in [0.1, 0.15) is 33.3 Å². The van der Waals surface area contributed by atoms with Crippen LogP contribution in [0.4, 0.5) is 5.69 Å². The summed E-state index contributed by atoms with van der Waals surface area (Å²) in [7, 11) is -4.22. The van der Waals surface area contributed by atoms with E-state index in [1.807, 2.05) is 51.1 Å². The number of nitrogens with one attached hydrogen (secondary N) is 1. The van der Waals surface area contributed by atoms with Crippen molar-refractivity contribution in [3.8, 4) is 0 Å². The Kier molecular flexibility index (Phi) is 10.0. The minimum Gasteiger partial charge on any atom is -0.350 e. The molecule has 0 spiro atoms.